The van der Waals surface area contributed by atoms with Gasteiger partial charge >= 0.3 is 6.61 Å². The first-order valence-corrected chi connectivity index (χ1v) is 7.08. The van der Waals surface area contributed by atoms with Gasteiger partial charge in [0.25, 0.3) is 0 Å². The molecule has 0 saturated heterocycles. The van der Waals surface area contributed by atoms with Crippen LogP contribution in [0.15, 0.2) is 23.1 Å². The number of halogens is 4. The number of nitrogens with zero attached hydrogens (tertiary/aromatic N) is 1. The standard InChI is InChI=1S/C11H15F3N2O3S.ClH/c1-15-5-6-16(2)20(17,18)8-3-4-10(9(12)7-8)19-11(13)14;/h3-4,7,11,15H,5-6H2,1-2H3;1H. The third-order valence-electron chi connectivity index (χ3n) is 2.50. The summed E-state index contributed by atoms with van der Waals surface area (Å²) in [5, 5.41) is 2.78. The van der Waals surface area contributed by atoms with E-state index in [9.17, 15) is 21.6 Å². The number of likely N-dealkylation sites (N-methyl/N-ethyl adjacent to an activating group) is 2. The average molecular weight is 349 g/mol. The van der Waals surface area contributed by atoms with Crippen molar-refractivity contribution in [3.8, 4) is 5.75 Å². The van der Waals surface area contributed by atoms with Gasteiger partial charge in [-0.2, -0.15) is 13.1 Å². The highest BCUT2D eigenvalue weighted by atomic mass is 35.5. The summed E-state index contributed by atoms with van der Waals surface area (Å²) >= 11 is 0. The highest BCUT2D eigenvalue weighted by Crippen LogP contribution is 2.24. The van der Waals surface area contributed by atoms with Gasteiger partial charge in [-0.25, -0.2) is 12.8 Å². The second-order valence-corrected chi connectivity index (χ2v) is 5.95. The van der Waals surface area contributed by atoms with Crippen LogP contribution < -0.4 is 10.1 Å². The van der Waals surface area contributed by atoms with Gasteiger partial charge in [0.2, 0.25) is 10.0 Å². The molecule has 1 N–H and O–H groups in total. The Morgan fingerprint density at radius 1 is 1.38 bits per heavy atom. The Bertz CT molecular complexity index is 558. The number of hydrogen-bond donors (Lipinski definition) is 1. The zero-order valence-electron chi connectivity index (χ0n) is 11.3. The molecule has 0 aliphatic carbocycles. The van der Waals surface area contributed by atoms with Crippen LogP contribution in [0.5, 0.6) is 5.75 Å². The fourth-order valence-electron chi connectivity index (χ4n) is 1.40. The molecule has 1 rings (SSSR count). The van der Waals surface area contributed by atoms with E-state index in [2.05, 4.69) is 10.1 Å². The molecule has 0 atom stereocenters. The molecule has 0 unspecified atom stereocenters. The smallest absolute Gasteiger partial charge is 0.387 e. The predicted octanol–water partition coefficient (Wildman–Crippen LogP) is 1.69. The van der Waals surface area contributed by atoms with Crippen LogP contribution in [-0.4, -0.2) is 46.5 Å². The van der Waals surface area contributed by atoms with E-state index in [4.69, 9.17) is 0 Å². The van der Waals surface area contributed by atoms with Gasteiger partial charge in [-0.05, 0) is 25.2 Å². The van der Waals surface area contributed by atoms with E-state index in [0.717, 1.165) is 16.4 Å². The van der Waals surface area contributed by atoms with Crippen molar-refractivity contribution in [2.45, 2.75) is 11.5 Å². The molecule has 0 spiro atoms. The Morgan fingerprint density at radius 2 is 2.00 bits per heavy atom. The molecule has 0 bridgehead atoms. The van der Waals surface area contributed by atoms with Crippen LogP contribution in [-0.2, 0) is 10.0 Å². The second-order valence-electron chi connectivity index (χ2n) is 3.90. The monoisotopic (exact) mass is 348 g/mol. The van der Waals surface area contributed by atoms with E-state index in [0.29, 0.717) is 12.6 Å². The molecule has 0 aromatic heterocycles. The summed E-state index contributed by atoms with van der Waals surface area (Å²) in [5.41, 5.74) is 0. The van der Waals surface area contributed by atoms with Crippen molar-refractivity contribution in [1.82, 2.24) is 9.62 Å². The van der Waals surface area contributed by atoms with Crippen LogP contribution in [0.4, 0.5) is 13.2 Å². The Labute approximate surface area is 127 Å². The minimum absolute atomic E-state index is 0. The molecule has 0 fully saturated rings. The van der Waals surface area contributed by atoms with Crippen molar-refractivity contribution in [3.05, 3.63) is 24.0 Å². The van der Waals surface area contributed by atoms with Crippen molar-refractivity contribution in [2.24, 2.45) is 0 Å². The molecule has 122 valence electrons. The van der Waals surface area contributed by atoms with Crippen LogP contribution in [0, 0.1) is 5.82 Å². The van der Waals surface area contributed by atoms with E-state index in [-0.39, 0.29) is 23.8 Å². The van der Waals surface area contributed by atoms with Crippen LogP contribution >= 0.6 is 12.4 Å². The van der Waals surface area contributed by atoms with Gasteiger partial charge in [0.15, 0.2) is 11.6 Å². The van der Waals surface area contributed by atoms with Crippen molar-refractivity contribution in [3.63, 3.8) is 0 Å². The van der Waals surface area contributed by atoms with E-state index >= 15 is 0 Å². The molecule has 21 heavy (non-hydrogen) atoms. The van der Waals surface area contributed by atoms with Gasteiger partial charge in [0.1, 0.15) is 0 Å². The predicted molar refractivity (Wildman–Crippen MR) is 74.0 cm³/mol. The lowest BCUT2D eigenvalue weighted by molar-refractivity contribution is -0.0522. The molecule has 1 aromatic carbocycles. The summed E-state index contributed by atoms with van der Waals surface area (Å²) in [6.07, 6.45) is 0. The van der Waals surface area contributed by atoms with Gasteiger partial charge in [-0.1, -0.05) is 0 Å². The maximum atomic E-state index is 13.5. The highest BCUT2D eigenvalue weighted by Gasteiger charge is 2.22. The van der Waals surface area contributed by atoms with E-state index < -0.39 is 28.2 Å². The largest absolute Gasteiger partial charge is 0.432 e. The van der Waals surface area contributed by atoms with Crippen molar-refractivity contribution in [2.75, 3.05) is 27.2 Å². The van der Waals surface area contributed by atoms with E-state index in [1.807, 2.05) is 0 Å². The molecule has 10 heteroatoms. The van der Waals surface area contributed by atoms with Crippen LogP contribution in [0.2, 0.25) is 0 Å². The van der Waals surface area contributed by atoms with Crippen LogP contribution in [0.3, 0.4) is 0 Å². The first-order valence-electron chi connectivity index (χ1n) is 5.64. The van der Waals surface area contributed by atoms with E-state index in [1.165, 1.54) is 7.05 Å². The maximum Gasteiger partial charge on any atom is 0.387 e. The van der Waals surface area contributed by atoms with Crippen molar-refractivity contribution in [1.29, 1.82) is 0 Å². The molecule has 0 saturated carbocycles. The fraction of sp³-hybridized carbons (Fsp3) is 0.455. The average Bonchev–Trinajstić information content (AvgIpc) is 2.37. The highest BCUT2D eigenvalue weighted by molar-refractivity contribution is 7.89. The Kier molecular flexibility index (Phi) is 8.01. The number of rotatable bonds is 7. The summed E-state index contributed by atoms with van der Waals surface area (Å²) in [7, 11) is -0.864. The molecule has 5 nitrogen and oxygen atoms in total. The number of sulfonamides is 1. The minimum Gasteiger partial charge on any atom is -0.432 e. The molecular formula is C11H16ClF3N2O3S. The Morgan fingerprint density at radius 3 is 2.48 bits per heavy atom. The Hall–Kier alpha value is -1.03. The molecule has 0 aliphatic rings. The number of alkyl halides is 2. The van der Waals surface area contributed by atoms with Gasteiger partial charge < -0.3 is 10.1 Å². The molecule has 0 radical (unpaired) electrons. The molecule has 1 aromatic rings. The SMILES string of the molecule is CNCCN(C)S(=O)(=O)c1ccc(OC(F)F)c(F)c1.Cl. The van der Waals surface area contributed by atoms with Crippen LogP contribution in [0.1, 0.15) is 0 Å². The third kappa shape index (κ3) is 5.34. The summed E-state index contributed by atoms with van der Waals surface area (Å²) in [6.45, 7) is -2.56. The summed E-state index contributed by atoms with van der Waals surface area (Å²) < 4.78 is 66.5. The van der Waals surface area contributed by atoms with Gasteiger partial charge in [0, 0.05) is 20.1 Å². The van der Waals surface area contributed by atoms with Gasteiger partial charge in [-0.15, -0.1) is 12.4 Å². The summed E-state index contributed by atoms with van der Waals surface area (Å²) in [5.74, 6) is -1.86. The Balaban J connectivity index is 0.00000400. The molecule has 0 heterocycles. The van der Waals surface area contributed by atoms with Gasteiger partial charge in [0.05, 0.1) is 4.90 Å². The number of nitrogens with one attached hydrogen (secondary N) is 1. The first kappa shape index (κ1) is 20.0. The lowest BCUT2D eigenvalue weighted by Crippen LogP contribution is -2.32. The summed E-state index contributed by atoms with van der Waals surface area (Å²) in [4.78, 5) is -0.324. The van der Waals surface area contributed by atoms with Crippen molar-refractivity contribution < 1.29 is 26.3 Å². The maximum absolute atomic E-state index is 13.5. The zero-order chi connectivity index (χ0) is 15.3. The lowest BCUT2D eigenvalue weighted by atomic mass is 10.3. The lowest BCUT2D eigenvalue weighted by Gasteiger charge is -2.17. The van der Waals surface area contributed by atoms with Crippen LogP contribution in [0.25, 0.3) is 0 Å². The molecular weight excluding hydrogens is 333 g/mol. The normalized spacial score (nSPS) is 11.6. The van der Waals surface area contributed by atoms with Gasteiger partial charge in [-0.3, -0.25) is 0 Å². The third-order valence-corrected chi connectivity index (χ3v) is 4.36. The van der Waals surface area contributed by atoms with Crippen molar-refractivity contribution >= 4 is 22.4 Å². The topological polar surface area (TPSA) is 58.6 Å². The van der Waals surface area contributed by atoms with E-state index in [1.54, 1.807) is 7.05 Å². The fourth-order valence-corrected chi connectivity index (χ4v) is 2.59. The minimum atomic E-state index is -3.87. The molecule has 0 aliphatic heterocycles. The number of benzene rings is 1. The first-order chi connectivity index (χ1) is 9.28. The molecule has 0 amide bonds. The summed E-state index contributed by atoms with van der Waals surface area (Å²) in [6, 6.07) is 2.54. The number of ether oxygens (including phenoxy) is 1. The second kappa shape index (κ2) is 8.42. The number of hydrogen-bond acceptors (Lipinski definition) is 4. The zero-order valence-corrected chi connectivity index (χ0v) is 13.0. The quantitative estimate of drug-likeness (QED) is 0.814.